The summed E-state index contributed by atoms with van der Waals surface area (Å²) >= 11 is 0. The van der Waals surface area contributed by atoms with Crippen molar-refractivity contribution in [1.29, 1.82) is 0 Å². The molecule has 0 saturated carbocycles. The minimum absolute atomic E-state index is 0.936. The van der Waals surface area contributed by atoms with Crippen LogP contribution in [-0.2, 0) is 0 Å². The summed E-state index contributed by atoms with van der Waals surface area (Å²) < 4.78 is 0. The average molecular weight is 178 g/mol. The van der Waals surface area contributed by atoms with E-state index in [0.29, 0.717) is 0 Å². The summed E-state index contributed by atoms with van der Waals surface area (Å²) in [6.07, 6.45) is 11.0. The maximum atomic E-state index is 4.35. The summed E-state index contributed by atoms with van der Waals surface area (Å²) in [5.41, 5.74) is 0. The Balaban J connectivity index is 2.63. The van der Waals surface area contributed by atoms with Crippen LogP contribution in [0, 0.1) is 0 Å². The van der Waals surface area contributed by atoms with Gasteiger partial charge in [-0.1, -0.05) is 18.2 Å². The van der Waals surface area contributed by atoms with Crippen molar-refractivity contribution >= 4 is 22.9 Å². The summed E-state index contributed by atoms with van der Waals surface area (Å²) in [4.78, 5) is 4.35. The van der Waals surface area contributed by atoms with E-state index in [9.17, 15) is 0 Å². The van der Waals surface area contributed by atoms with Crippen molar-refractivity contribution in [1.82, 2.24) is 4.98 Å². The van der Waals surface area contributed by atoms with Gasteiger partial charge in [-0.25, -0.2) is 4.98 Å². The minimum Gasteiger partial charge on any atom is -0.220 e. The smallest absolute Gasteiger partial charge is 0.220 e. The number of allylic oxidation sites excluding steroid dienone is 2. The summed E-state index contributed by atoms with van der Waals surface area (Å²) in [6, 6.07) is 8.28. The molecule has 1 nitrogen and oxygen atoms in total. The fourth-order valence-electron chi connectivity index (χ4n) is 1.74. The Morgan fingerprint density at radius 1 is 1.14 bits per heavy atom. The number of pyridine rings is 1. The van der Waals surface area contributed by atoms with Crippen molar-refractivity contribution in [2.45, 2.75) is 0 Å². The van der Waals surface area contributed by atoms with Gasteiger partial charge in [0.05, 0.1) is 17.5 Å². The molecule has 1 aromatic heterocycles. The first kappa shape index (κ1) is 7.43. The van der Waals surface area contributed by atoms with E-state index >= 15 is 0 Å². The summed E-state index contributed by atoms with van der Waals surface area (Å²) in [5.74, 6) is 0. The van der Waals surface area contributed by atoms with Crippen LogP contribution in [-0.4, -0.2) is 4.98 Å². The van der Waals surface area contributed by atoms with E-state index in [1.807, 2.05) is 24.4 Å². The van der Waals surface area contributed by atoms with Gasteiger partial charge in [0.2, 0.25) is 5.35 Å². The Labute approximate surface area is 81.7 Å². The second-order valence-corrected chi connectivity index (χ2v) is 3.28. The molecule has 0 spiro atoms. The number of hydrogen-bond acceptors (Lipinski definition) is 1. The second kappa shape index (κ2) is 2.76. The molecular formula is C13H8N+. The highest BCUT2D eigenvalue weighted by atomic mass is 14.6. The summed E-state index contributed by atoms with van der Waals surface area (Å²) in [6.45, 7) is 0. The van der Waals surface area contributed by atoms with Gasteiger partial charge in [0.15, 0.2) is 0 Å². The first-order valence-electron chi connectivity index (χ1n) is 4.59. The van der Waals surface area contributed by atoms with E-state index in [-0.39, 0.29) is 0 Å². The molecule has 64 valence electrons. The lowest BCUT2D eigenvalue weighted by atomic mass is 10.1. The van der Waals surface area contributed by atoms with Gasteiger partial charge in [-0.3, -0.25) is 0 Å². The molecule has 0 N–H and O–H groups in total. The highest BCUT2D eigenvalue weighted by Crippen LogP contribution is 2.05. The van der Waals surface area contributed by atoms with Crippen LogP contribution in [0.1, 0.15) is 0 Å². The molecular weight excluding hydrogens is 170 g/mol. The molecule has 14 heavy (non-hydrogen) atoms. The normalized spacial score (nSPS) is 12.6. The topological polar surface area (TPSA) is 12.9 Å². The summed E-state index contributed by atoms with van der Waals surface area (Å²) in [7, 11) is 0. The van der Waals surface area contributed by atoms with Gasteiger partial charge in [-0.2, -0.15) is 0 Å². The van der Waals surface area contributed by atoms with Gasteiger partial charge in [-0.15, -0.1) is 0 Å². The molecule has 1 aromatic carbocycles. The molecule has 0 atom stereocenters. The summed E-state index contributed by atoms with van der Waals surface area (Å²) in [5, 5.41) is 4.53. The number of fused-ring (bicyclic) bond motifs is 3. The number of nitrogens with zero attached hydrogens (tertiary/aromatic N) is 1. The van der Waals surface area contributed by atoms with Crippen molar-refractivity contribution in [2.24, 2.45) is 0 Å². The first-order valence-corrected chi connectivity index (χ1v) is 4.59. The van der Waals surface area contributed by atoms with Crippen LogP contribution in [0.4, 0.5) is 0 Å². The molecule has 2 aromatic rings. The zero-order valence-corrected chi connectivity index (χ0v) is 7.57. The quantitative estimate of drug-likeness (QED) is 0.553. The maximum absolute atomic E-state index is 4.35. The van der Waals surface area contributed by atoms with Crippen molar-refractivity contribution in [2.75, 3.05) is 0 Å². The third-order valence-electron chi connectivity index (χ3n) is 2.42. The number of rotatable bonds is 0. The van der Waals surface area contributed by atoms with Gasteiger partial charge in [0.25, 0.3) is 0 Å². The third kappa shape index (κ3) is 0.968. The molecule has 0 fully saturated rings. The molecule has 0 aliphatic heterocycles. The molecule has 1 heterocycles. The Bertz CT molecular complexity index is 636. The van der Waals surface area contributed by atoms with Gasteiger partial charge >= 0.3 is 0 Å². The highest BCUT2D eigenvalue weighted by molar-refractivity contribution is 5.83. The van der Waals surface area contributed by atoms with Gasteiger partial charge in [-0.05, 0) is 6.07 Å². The Kier molecular flexibility index (Phi) is 1.46. The maximum Gasteiger partial charge on any atom is 0.237 e. The zero-order valence-electron chi connectivity index (χ0n) is 7.57. The fraction of sp³-hybridized carbons (Fsp3) is 0. The molecule has 0 saturated heterocycles. The van der Waals surface area contributed by atoms with Gasteiger partial charge < -0.3 is 0 Å². The predicted octanol–water partition coefficient (Wildman–Crippen LogP) is 1.24. The standard InChI is InChI=1S/C13H8N/c1-2-6-11-10(5-1)9-14-13-8-4-3-7-12(11)13/h1-7,9H/q+1. The molecule has 1 aliphatic rings. The van der Waals surface area contributed by atoms with Gasteiger partial charge in [0.1, 0.15) is 11.3 Å². The van der Waals surface area contributed by atoms with E-state index in [4.69, 9.17) is 0 Å². The Hall–Kier alpha value is -1.98. The van der Waals surface area contributed by atoms with Crippen molar-refractivity contribution < 1.29 is 0 Å². The van der Waals surface area contributed by atoms with Crippen molar-refractivity contribution in [3.05, 3.63) is 53.2 Å². The Morgan fingerprint density at radius 3 is 3.07 bits per heavy atom. The lowest BCUT2D eigenvalue weighted by Crippen LogP contribution is -2.29. The highest BCUT2D eigenvalue weighted by Gasteiger charge is 2.04. The molecule has 0 bridgehead atoms. The van der Waals surface area contributed by atoms with Crippen LogP contribution >= 0.6 is 0 Å². The van der Waals surface area contributed by atoms with Crippen molar-refractivity contribution in [3.8, 4) is 0 Å². The Morgan fingerprint density at radius 2 is 2.07 bits per heavy atom. The van der Waals surface area contributed by atoms with E-state index < -0.39 is 0 Å². The lowest BCUT2D eigenvalue weighted by molar-refractivity contribution is 1.25. The number of benzene rings is 1. The molecule has 1 aliphatic carbocycles. The van der Waals surface area contributed by atoms with Crippen LogP contribution in [0.3, 0.4) is 0 Å². The number of hydrogen-bond donors (Lipinski definition) is 0. The SMILES string of the molecule is [C+]1=c2ncc3ccccc3c2=CC=C1. The first-order chi connectivity index (χ1) is 6.95. The van der Waals surface area contributed by atoms with Crippen LogP contribution < -0.4 is 10.6 Å². The molecule has 1 heteroatoms. The number of aromatic nitrogens is 1. The molecule has 0 amide bonds. The monoisotopic (exact) mass is 178 g/mol. The van der Waals surface area contributed by atoms with Crippen LogP contribution in [0.15, 0.2) is 42.6 Å². The van der Waals surface area contributed by atoms with Gasteiger partial charge in [0, 0.05) is 17.7 Å². The van der Waals surface area contributed by atoms with E-state index in [0.717, 1.165) is 5.35 Å². The lowest BCUT2D eigenvalue weighted by Gasteiger charge is -1.93. The zero-order chi connectivity index (χ0) is 9.38. The molecule has 0 radical (unpaired) electrons. The molecule has 0 unspecified atom stereocenters. The predicted molar refractivity (Wildman–Crippen MR) is 58.0 cm³/mol. The molecule has 3 rings (SSSR count). The van der Waals surface area contributed by atoms with E-state index in [1.165, 1.54) is 16.0 Å². The van der Waals surface area contributed by atoms with E-state index in [2.05, 4.69) is 35.3 Å². The fourth-order valence-corrected chi connectivity index (χ4v) is 1.74. The van der Waals surface area contributed by atoms with Crippen molar-refractivity contribution in [3.63, 3.8) is 0 Å². The van der Waals surface area contributed by atoms with Crippen LogP contribution in [0.2, 0.25) is 0 Å². The third-order valence-corrected chi connectivity index (χ3v) is 2.42. The largest absolute Gasteiger partial charge is 0.237 e. The van der Waals surface area contributed by atoms with Crippen LogP contribution in [0.5, 0.6) is 0 Å². The van der Waals surface area contributed by atoms with E-state index in [1.54, 1.807) is 0 Å². The van der Waals surface area contributed by atoms with Crippen LogP contribution in [0.25, 0.3) is 22.9 Å². The minimum atomic E-state index is 0.936. The average Bonchev–Trinajstić information content (AvgIpc) is 2.29. The second-order valence-electron chi connectivity index (χ2n) is 3.28.